The van der Waals surface area contributed by atoms with Crippen LogP contribution in [-0.2, 0) is 9.84 Å². The van der Waals surface area contributed by atoms with E-state index in [2.05, 4.69) is 26.3 Å². The number of sulfone groups is 1. The number of aryl methyl sites for hydroxylation is 1. The molecular formula is C21H20BrN3O3S. The SMILES string of the molecule is Cc1nn(-c2ccc(Br)cc2)c(C)c1C(=O)NC1CCS(=O)(=O)c2ccccc21. The summed E-state index contributed by atoms with van der Waals surface area (Å²) in [4.78, 5) is 13.4. The van der Waals surface area contributed by atoms with Gasteiger partial charge in [0.1, 0.15) is 0 Å². The molecule has 0 spiro atoms. The minimum atomic E-state index is -3.30. The topological polar surface area (TPSA) is 81.1 Å². The highest BCUT2D eigenvalue weighted by molar-refractivity contribution is 9.10. The largest absolute Gasteiger partial charge is 0.345 e. The molecule has 4 rings (SSSR count). The first-order valence-electron chi connectivity index (χ1n) is 9.22. The van der Waals surface area contributed by atoms with Crippen LogP contribution >= 0.6 is 15.9 Å². The van der Waals surface area contributed by atoms with Crippen molar-refractivity contribution >= 4 is 31.7 Å². The maximum absolute atomic E-state index is 13.1. The van der Waals surface area contributed by atoms with E-state index in [1.54, 1.807) is 35.9 Å². The van der Waals surface area contributed by atoms with E-state index in [0.29, 0.717) is 28.1 Å². The molecule has 1 unspecified atom stereocenters. The van der Waals surface area contributed by atoms with Crippen LogP contribution in [0.3, 0.4) is 0 Å². The minimum Gasteiger partial charge on any atom is -0.345 e. The van der Waals surface area contributed by atoms with Crippen LogP contribution in [0.2, 0.25) is 0 Å². The number of hydrogen-bond donors (Lipinski definition) is 1. The number of carbonyl (C=O) groups excluding carboxylic acids is 1. The first kappa shape index (κ1) is 19.8. The average Bonchev–Trinajstić information content (AvgIpc) is 2.99. The zero-order valence-corrected chi connectivity index (χ0v) is 18.4. The molecular weight excluding hydrogens is 454 g/mol. The normalized spacial score (nSPS) is 17.6. The zero-order valence-electron chi connectivity index (χ0n) is 16.0. The molecule has 6 nitrogen and oxygen atoms in total. The molecule has 29 heavy (non-hydrogen) atoms. The maximum atomic E-state index is 13.1. The highest BCUT2D eigenvalue weighted by atomic mass is 79.9. The molecule has 1 atom stereocenters. The van der Waals surface area contributed by atoms with Crippen molar-refractivity contribution in [3.63, 3.8) is 0 Å². The van der Waals surface area contributed by atoms with Gasteiger partial charge in [0.05, 0.1) is 39.3 Å². The second-order valence-corrected chi connectivity index (χ2v) is 10.1. The number of rotatable bonds is 3. The Morgan fingerprint density at radius 1 is 1.14 bits per heavy atom. The van der Waals surface area contributed by atoms with Gasteiger partial charge in [0, 0.05) is 4.47 Å². The Balaban J connectivity index is 1.66. The van der Waals surface area contributed by atoms with E-state index < -0.39 is 9.84 Å². The number of nitrogens with zero attached hydrogens (tertiary/aromatic N) is 2. The number of carbonyl (C=O) groups is 1. The van der Waals surface area contributed by atoms with Crippen LogP contribution in [0.4, 0.5) is 0 Å². The van der Waals surface area contributed by atoms with Crippen LogP contribution in [-0.4, -0.2) is 29.9 Å². The third kappa shape index (κ3) is 3.62. The fourth-order valence-corrected chi connectivity index (χ4v) is 5.66. The van der Waals surface area contributed by atoms with Gasteiger partial charge in [-0.25, -0.2) is 13.1 Å². The van der Waals surface area contributed by atoms with E-state index in [-0.39, 0.29) is 17.7 Å². The summed E-state index contributed by atoms with van der Waals surface area (Å²) in [5.74, 6) is -0.229. The van der Waals surface area contributed by atoms with E-state index in [9.17, 15) is 13.2 Å². The standard InChI is InChI=1S/C21H20BrN3O3S/c1-13-20(14(2)25(24-13)16-9-7-15(22)8-10-16)21(26)23-18-11-12-29(27,28)19-6-4-3-5-17(18)19/h3-10,18H,11-12H2,1-2H3,(H,23,26). The molecule has 0 saturated heterocycles. The number of benzene rings is 2. The molecule has 0 saturated carbocycles. The summed E-state index contributed by atoms with van der Waals surface area (Å²) >= 11 is 3.42. The molecule has 0 radical (unpaired) electrons. The molecule has 150 valence electrons. The number of amides is 1. The predicted octanol–water partition coefficient (Wildman–Crippen LogP) is 3.90. The summed E-state index contributed by atoms with van der Waals surface area (Å²) in [5, 5.41) is 7.56. The average molecular weight is 474 g/mol. The predicted molar refractivity (Wildman–Crippen MR) is 114 cm³/mol. The Hall–Kier alpha value is -2.45. The lowest BCUT2D eigenvalue weighted by atomic mass is 10.0. The third-order valence-corrected chi connectivity index (χ3v) is 7.54. The number of hydrogen-bond acceptors (Lipinski definition) is 4. The van der Waals surface area contributed by atoms with Crippen molar-refractivity contribution in [1.29, 1.82) is 0 Å². The Morgan fingerprint density at radius 2 is 1.83 bits per heavy atom. The van der Waals surface area contributed by atoms with Gasteiger partial charge in [0.15, 0.2) is 9.84 Å². The van der Waals surface area contributed by atoms with Crippen molar-refractivity contribution in [2.24, 2.45) is 0 Å². The van der Waals surface area contributed by atoms with E-state index in [1.165, 1.54) is 0 Å². The lowest BCUT2D eigenvalue weighted by Crippen LogP contribution is -2.34. The number of aromatic nitrogens is 2. The van der Waals surface area contributed by atoms with Crippen molar-refractivity contribution in [3.8, 4) is 5.69 Å². The number of fused-ring (bicyclic) bond motifs is 1. The fourth-order valence-electron chi connectivity index (χ4n) is 3.78. The zero-order chi connectivity index (χ0) is 20.8. The van der Waals surface area contributed by atoms with Gasteiger partial charge in [-0.3, -0.25) is 4.79 Å². The van der Waals surface area contributed by atoms with Crippen molar-refractivity contribution in [2.45, 2.75) is 31.2 Å². The van der Waals surface area contributed by atoms with Gasteiger partial charge in [0.25, 0.3) is 5.91 Å². The van der Waals surface area contributed by atoms with Crippen molar-refractivity contribution in [1.82, 2.24) is 15.1 Å². The lowest BCUT2D eigenvalue weighted by Gasteiger charge is -2.26. The summed E-state index contributed by atoms with van der Waals surface area (Å²) in [7, 11) is -3.30. The van der Waals surface area contributed by atoms with Gasteiger partial charge in [-0.1, -0.05) is 34.1 Å². The molecule has 1 aromatic heterocycles. The first-order valence-corrected chi connectivity index (χ1v) is 11.7. The molecule has 3 aromatic rings. The van der Waals surface area contributed by atoms with Gasteiger partial charge in [0.2, 0.25) is 0 Å². The van der Waals surface area contributed by atoms with E-state index in [4.69, 9.17) is 0 Å². The molecule has 0 bridgehead atoms. The van der Waals surface area contributed by atoms with Gasteiger partial charge >= 0.3 is 0 Å². The number of nitrogens with one attached hydrogen (secondary N) is 1. The lowest BCUT2D eigenvalue weighted by molar-refractivity contribution is 0.0933. The second kappa shape index (κ2) is 7.42. The summed E-state index contributed by atoms with van der Waals surface area (Å²) in [6.45, 7) is 3.66. The van der Waals surface area contributed by atoms with Crippen LogP contribution in [0.5, 0.6) is 0 Å². The molecule has 1 aliphatic heterocycles. The second-order valence-electron chi connectivity index (χ2n) is 7.11. The fraction of sp³-hybridized carbons (Fsp3) is 0.238. The van der Waals surface area contributed by atoms with Crippen molar-refractivity contribution in [2.75, 3.05) is 5.75 Å². The highest BCUT2D eigenvalue weighted by Gasteiger charge is 2.32. The van der Waals surface area contributed by atoms with Crippen molar-refractivity contribution < 1.29 is 13.2 Å². The van der Waals surface area contributed by atoms with Crippen LogP contribution in [0.15, 0.2) is 57.9 Å². The summed E-state index contributed by atoms with van der Waals surface area (Å²) in [5.41, 5.74) is 3.38. The van der Waals surface area contributed by atoms with Crippen LogP contribution in [0.1, 0.15) is 39.8 Å². The highest BCUT2D eigenvalue weighted by Crippen LogP contribution is 2.32. The molecule has 0 fully saturated rings. The van der Waals surface area contributed by atoms with Crippen LogP contribution in [0, 0.1) is 13.8 Å². The molecule has 1 N–H and O–H groups in total. The first-order chi connectivity index (χ1) is 13.8. The van der Waals surface area contributed by atoms with Crippen molar-refractivity contribution in [3.05, 3.63) is 75.5 Å². The number of halogens is 1. The van der Waals surface area contributed by atoms with Gasteiger partial charge in [-0.2, -0.15) is 5.10 Å². The van der Waals surface area contributed by atoms with E-state index in [1.807, 2.05) is 31.2 Å². The van der Waals surface area contributed by atoms with Gasteiger partial charge < -0.3 is 5.32 Å². The molecule has 2 heterocycles. The smallest absolute Gasteiger partial charge is 0.255 e. The molecule has 2 aromatic carbocycles. The summed E-state index contributed by atoms with van der Waals surface area (Å²) in [6.07, 6.45) is 0.351. The summed E-state index contributed by atoms with van der Waals surface area (Å²) in [6, 6.07) is 14.2. The Morgan fingerprint density at radius 3 is 2.55 bits per heavy atom. The maximum Gasteiger partial charge on any atom is 0.255 e. The van der Waals surface area contributed by atoms with Crippen LogP contribution < -0.4 is 5.32 Å². The third-order valence-electron chi connectivity index (χ3n) is 5.20. The molecule has 1 aliphatic rings. The van der Waals surface area contributed by atoms with E-state index >= 15 is 0 Å². The van der Waals surface area contributed by atoms with Gasteiger partial charge in [-0.05, 0) is 56.2 Å². The Labute approximate surface area is 178 Å². The monoisotopic (exact) mass is 473 g/mol. The Kier molecular flexibility index (Phi) is 5.08. The quantitative estimate of drug-likeness (QED) is 0.625. The molecule has 1 amide bonds. The Bertz CT molecular complexity index is 1200. The summed E-state index contributed by atoms with van der Waals surface area (Å²) < 4.78 is 27.4. The van der Waals surface area contributed by atoms with Crippen LogP contribution in [0.25, 0.3) is 5.69 Å². The van der Waals surface area contributed by atoms with E-state index in [0.717, 1.165) is 15.9 Å². The molecule has 0 aliphatic carbocycles. The molecule has 8 heteroatoms. The van der Waals surface area contributed by atoms with Gasteiger partial charge in [-0.15, -0.1) is 0 Å². The minimum absolute atomic E-state index is 0.0189.